The molecule has 0 fully saturated rings. The van der Waals surface area contributed by atoms with Gasteiger partial charge in [-0.25, -0.2) is 4.79 Å². The Morgan fingerprint density at radius 3 is 2.35 bits per heavy atom. The van der Waals surface area contributed by atoms with E-state index < -0.39 is 5.60 Å². The van der Waals surface area contributed by atoms with Crippen molar-refractivity contribution in [2.24, 2.45) is 5.92 Å². The lowest BCUT2D eigenvalue weighted by Gasteiger charge is -2.28. The second-order valence-electron chi connectivity index (χ2n) is 7.14. The van der Waals surface area contributed by atoms with E-state index in [2.05, 4.69) is 53.4 Å². The highest BCUT2D eigenvalue weighted by molar-refractivity contribution is 9.10. The summed E-state index contributed by atoms with van der Waals surface area (Å²) in [7, 11) is 0. The molecule has 0 saturated carbocycles. The average molecular weight is 385 g/mol. The van der Waals surface area contributed by atoms with Gasteiger partial charge in [-0.2, -0.15) is 0 Å². The molecule has 0 aliphatic rings. The summed E-state index contributed by atoms with van der Waals surface area (Å²) in [6, 6.07) is 8.51. The van der Waals surface area contributed by atoms with Gasteiger partial charge in [-0.1, -0.05) is 48.0 Å². The van der Waals surface area contributed by atoms with Gasteiger partial charge in [0.1, 0.15) is 5.60 Å². The predicted octanol–water partition coefficient (Wildman–Crippen LogP) is 4.65. The fourth-order valence-electron chi connectivity index (χ4n) is 2.23. The summed E-state index contributed by atoms with van der Waals surface area (Å²) in [5.41, 5.74) is 0.725. The van der Waals surface area contributed by atoms with Crippen LogP contribution in [0.3, 0.4) is 0 Å². The van der Waals surface area contributed by atoms with Crippen molar-refractivity contribution in [3.05, 3.63) is 34.3 Å². The Labute approximate surface area is 148 Å². The van der Waals surface area contributed by atoms with Crippen molar-refractivity contribution in [2.45, 2.75) is 59.2 Å². The maximum absolute atomic E-state index is 11.8. The van der Waals surface area contributed by atoms with Crippen LogP contribution in [0.4, 0.5) is 4.79 Å². The fraction of sp³-hybridized carbons (Fsp3) is 0.611. The summed E-state index contributed by atoms with van der Waals surface area (Å²) >= 11 is 3.59. The lowest BCUT2D eigenvalue weighted by atomic mass is 10.0. The number of hydrogen-bond donors (Lipinski definition) is 2. The van der Waals surface area contributed by atoms with Crippen molar-refractivity contribution in [3.8, 4) is 0 Å². The number of carbonyl (C=O) groups is 1. The van der Waals surface area contributed by atoms with Gasteiger partial charge in [-0.15, -0.1) is 0 Å². The van der Waals surface area contributed by atoms with Crippen LogP contribution >= 0.6 is 15.9 Å². The summed E-state index contributed by atoms with van der Waals surface area (Å²) in [6.45, 7) is 12.5. The lowest BCUT2D eigenvalue weighted by molar-refractivity contribution is 0.0518. The molecule has 130 valence electrons. The standard InChI is InChI=1S/C18H29BrN2O2/c1-12(2)16(11-20-17(22)23-18(4,5)6)21-13(3)14-9-7-8-10-15(14)19/h7-10,12-13,16,21H,11H2,1-6H3,(H,20,22). The number of carbonyl (C=O) groups excluding carboxylic acids is 1. The Morgan fingerprint density at radius 2 is 1.83 bits per heavy atom. The molecule has 2 unspecified atom stereocenters. The second kappa shape index (κ2) is 8.69. The third-order valence-corrected chi connectivity index (χ3v) is 4.23. The van der Waals surface area contributed by atoms with Gasteiger partial charge in [0.25, 0.3) is 0 Å². The molecule has 0 aliphatic carbocycles. The van der Waals surface area contributed by atoms with Crippen LogP contribution in [-0.4, -0.2) is 24.3 Å². The quantitative estimate of drug-likeness (QED) is 0.750. The van der Waals surface area contributed by atoms with E-state index in [1.165, 1.54) is 5.56 Å². The van der Waals surface area contributed by atoms with Crippen LogP contribution in [0.2, 0.25) is 0 Å². The summed E-state index contributed by atoms with van der Waals surface area (Å²) < 4.78 is 6.38. The van der Waals surface area contributed by atoms with Gasteiger partial charge < -0.3 is 15.4 Å². The number of halogens is 1. The first-order valence-electron chi connectivity index (χ1n) is 8.07. The maximum atomic E-state index is 11.8. The molecule has 0 spiro atoms. The smallest absolute Gasteiger partial charge is 0.407 e. The van der Waals surface area contributed by atoms with E-state index in [4.69, 9.17) is 4.74 Å². The molecule has 0 aliphatic heterocycles. The zero-order valence-electron chi connectivity index (χ0n) is 14.9. The summed E-state index contributed by atoms with van der Waals surface area (Å²) in [5.74, 6) is 0.384. The van der Waals surface area contributed by atoms with Crippen LogP contribution in [0, 0.1) is 5.92 Å². The molecule has 0 heterocycles. The molecule has 1 aromatic carbocycles. The van der Waals surface area contributed by atoms with Crippen LogP contribution in [0.1, 0.15) is 53.1 Å². The molecule has 1 aromatic rings. The van der Waals surface area contributed by atoms with E-state index in [1.54, 1.807) is 0 Å². The second-order valence-corrected chi connectivity index (χ2v) is 8.00. The molecule has 2 N–H and O–H groups in total. The molecule has 2 atom stereocenters. The third kappa shape index (κ3) is 7.36. The number of benzene rings is 1. The molecule has 0 aromatic heterocycles. The van der Waals surface area contributed by atoms with E-state index in [0.29, 0.717) is 12.5 Å². The summed E-state index contributed by atoms with van der Waals surface area (Å²) in [6.07, 6.45) is -0.376. The van der Waals surface area contributed by atoms with E-state index in [0.717, 1.165) is 4.47 Å². The van der Waals surface area contributed by atoms with Crippen LogP contribution < -0.4 is 10.6 Å². The Balaban J connectivity index is 2.62. The zero-order valence-corrected chi connectivity index (χ0v) is 16.5. The van der Waals surface area contributed by atoms with Gasteiger partial charge >= 0.3 is 6.09 Å². The van der Waals surface area contributed by atoms with Crippen LogP contribution in [0.25, 0.3) is 0 Å². The van der Waals surface area contributed by atoms with Gasteiger partial charge in [-0.05, 0) is 45.2 Å². The number of alkyl carbamates (subject to hydrolysis) is 1. The minimum Gasteiger partial charge on any atom is -0.444 e. The van der Waals surface area contributed by atoms with Crippen molar-refractivity contribution in [1.82, 2.24) is 10.6 Å². The highest BCUT2D eigenvalue weighted by Crippen LogP contribution is 2.23. The Hall–Kier alpha value is -1.07. The first kappa shape index (κ1) is 20.0. The van der Waals surface area contributed by atoms with Crippen molar-refractivity contribution in [3.63, 3.8) is 0 Å². The first-order valence-corrected chi connectivity index (χ1v) is 8.86. The van der Waals surface area contributed by atoms with E-state index >= 15 is 0 Å². The van der Waals surface area contributed by atoms with Crippen molar-refractivity contribution in [2.75, 3.05) is 6.54 Å². The van der Waals surface area contributed by atoms with Crippen LogP contribution in [0.5, 0.6) is 0 Å². The van der Waals surface area contributed by atoms with Crippen molar-refractivity contribution < 1.29 is 9.53 Å². The highest BCUT2D eigenvalue weighted by Gasteiger charge is 2.21. The Morgan fingerprint density at radius 1 is 1.22 bits per heavy atom. The van der Waals surface area contributed by atoms with E-state index in [-0.39, 0.29) is 18.2 Å². The van der Waals surface area contributed by atoms with E-state index in [9.17, 15) is 4.79 Å². The summed E-state index contributed by atoms with van der Waals surface area (Å²) in [5, 5.41) is 6.45. The molecule has 4 nitrogen and oxygen atoms in total. The van der Waals surface area contributed by atoms with Crippen molar-refractivity contribution in [1.29, 1.82) is 0 Å². The number of nitrogens with one attached hydrogen (secondary N) is 2. The van der Waals surface area contributed by atoms with Gasteiger partial charge in [0.05, 0.1) is 0 Å². The Kier molecular flexibility index (Phi) is 7.55. The monoisotopic (exact) mass is 384 g/mol. The number of amides is 1. The molecular weight excluding hydrogens is 356 g/mol. The van der Waals surface area contributed by atoms with Gasteiger partial charge in [0.2, 0.25) is 0 Å². The number of ether oxygens (including phenoxy) is 1. The molecule has 0 saturated heterocycles. The minimum absolute atomic E-state index is 0.157. The SMILES string of the molecule is CC(NC(CNC(=O)OC(C)(C)C)C(C)C)c1ccccc1Br. The summed E-state index contributed by atoms with van der Waals surface area (Å²) in [4.78, 5) is 11.8. The Bertz CT molecular complexity index is 512. The van der Waals surface area contributed by atoms with E-state index in [1.807, 2.05) is 39.0 Å². The molecular formula is C18H29BrN2O2. The largest absolute Gasteiger partial charge is 0.444 e. The normalized spacial score (nSPS) is 14.4. The minimum atomic E-state index is -0.479. The molecule has 0 radical (unpaired) electrons. The van der Waals surface area contributed by atoms with Crippen LogP contribution in [-0.2, 0) is 4.74 Å². The topological polar surface area (TPSA) is 50.4 Å². The number of rotatable bonds is 6. The van der Waals surface area contributed by atoms with Crippen molar-refractivity contribution >= 4 is 22.0 Å². The first-order chi connectivity index (χ1) is 10.6. The molecule has 5 heteroatoms. The fourth-order valence-corrected chi connectivity index (χ4v) is 2.86. The zero-order chi connectivity index (χ0) is 17.6. The average Bonchev–Trinajstić information content (AvgIpc) is 2.41. The molecule has 1 amide bonds. The lowest BCUT2D eigenvalue weighted by Crippen LogP contribution is -2.46. The van der Waals surface area contributed by atoms with Crippen LogP contribution in [0.15, 0.2) is 28.7 Å². The molecule has 1 rings (SSSR count). The highest BCUT2D eigenvalue weighted by atomic mass is 79.9. The van der Waals surface area contributed by atoms with Gasteiger partial charge in [-0.3, -0.25) is 0 Å². The molecule has 23 heavy (non-hydrogen) atoms. The van der Waals surface area contributed by atoms with Gasteiger partial charge in [0.15, 0.2) is 0 Å². The third-order valence-electron chi connectivity index (χ3n) is 3.51. The maximum Gasteiger partial charge on any atom is 0.407 e. The molecule has 0 bridgehead atoms. The number of hydrogen-bond acceptors (Lipinski definition) is 3. The van der Waals surface area contributed by atoms with Gasteiger partial charge in [0, 0.05) is 23.1 Å². The predicted molar refractivity (Wildman–Crippen MR) is 98.6 cm³/mol.